The summed E-state index contributed by atoms with van der Waals surface area (Å²) in [4.78, 5) is 37.4. The van der Waals surface area contributed by atoms with Crippen LogP contribution in [0.4, 0.5) is 0 Å². The van der Waals surface area contributed by atoms with Gasteiger partial charge in [0.2, 0.25) is 0 Å². The van der Waals surface area contributed by atoms with Crippen molar-refractivity contribution in [2.75, 3.05) is 13.2 Å². The van der Waals surface area contributed by atoms with Crippen molar-refractivity contribution in [1.29, 1.82) is 0 Å². The molecule has 6 heteroatoms. The van der Waals surface area contributed by atoms with Crippen LogP contribution in [0.3, 0.4) is 0 Å². The van der Waals surface area contributed by atoms with Crippen LogP contribution in [-0.2, 0) is 28.6 Å². The Kier molecular flexibility index (Phi) is 47.4. The first-order chi connectivity index (χ1) is 30.0. The lowest BCUT2D eigenvalue weighted by atomic mass is 10.0. The molecule has 0 N–H and O–H groups in total. The summed E-state index contributed by atoms with van der Waals surface area (Å²) in [5.74, 6) is -0.890. The van der Waals surface area contributed by atoms with Crippen LogP contribution in [0.2, 0.25) is 0 Å². The largest absolute Gasteiger partial charge is 0.462 e. The molecule has 0 amide bonds. The number of rotatable bonds is 46. The number of hydrogen-bond donors (Lipinski definition) is 0. The third-order valence-corrected chi connectivity index (χ3v) is 11.0. The first-order valence-electron chi connectivity index (χ1n) is 25.8. The molecule has 0 spiro atoms. The van der Waals surface area contributed by atoms with Gasteiger partial charge >= 0.3 is 17.9 Å². The SMILES string of the molecule is CC/C=C\C/C=C\C/C=C\C/C=C\C/C=C\CCCCCCCCCCCCCCCCCC(=O)OCC(COC(=O)CCCCCCC)OC(=O)CCCCCCCCC. The Morgan fingerprint density at radius 3 is 1.00 bits per heavy atom. The summed E-state index contributed by atoms with van der Waals surface area (Å²) in [5, 5.41) is 0. The molecule has 0 aliphatic heterocycles. The molecule has 0 aliphatic rings. The average molecular weight is 853 g/mol. The van der Waals surface area contributed by atoms with Gasteiger partial charge in [0.25, 0.3) is 0 Å². The quantitative estimate of drug-likeness (QED) is 0.0263. The number of allylic oxidation sites excluding steroid dienone is 10. The van der Waals surface area contributed by atoms with Gasteiger partial charge in [-0.25, -0.2) is 0 Å². The molecular formula is C55H96O6. The molecule has 1 atom stereocenters. The lowest BCUT2D eigenvalue weighted by Gasteiger charge is -2.18. The van der Waals surface area contributed by atoms with E-state index in [9.17, 15) is 14.4 Å². The molecule has 0 fully saturated rings. The molecule has 0 aromatic carbocycles. The van der Waals surface area contributed by atoms with Crippen molar-refractivity contribution >= 4 is 17.9 Å². The van der Waals surface area contributed by atoms with E-state index in [-0.39, 0.29) is 31.1 Å². The van der Waals surface area contributed by atoms with E-state index in [2.05, 4.69) is 81.5 Å². The standard InChI is InChI=1S/C55H96O6/c1-4-7-10-13-15-16-17-18-19-20-21-22-23-24-25-26-27-28-29-30-31-32-33-34-35-36-37-38-40-42-45-48-54(57)60-51-52(50-59-53(56)47-44-41-12-9-6-3)61-55(58)49-46-43-39-14-11-8-5-2/h7,10,15-16,18-19,21-22,24-25,52H,4-6,8-9,11-14,17,20,23,26-51H2,1-3H3/b10-7-,16-15-,19-18-,22-21-,25-24-. The number of hydrogen-bond acceptors (Lipinski definition) is 6. The van der Waals surface area contributed by atoms with Gasteiger partial charge in [0.15, 0.2) is 6.10 Å². The predicted octanol–water partition coefficient (Wildman–Crippen LogP) is 16.9. The summed E-state index contributed by atoms with van der Waals surface area (Å²) in [7, 11) is 0. The highest BCUT2D eigenvalue weighted by Crippen LogP contribution is 2.15. The summed E-state index contributed by atoms with van der Waals surface area (Å²) in [6, 6.07) is 0. The first kappa shape index (κ1) is 58.1. The fourth-order valence-electron chi connectivity index (χ4n) is 7.17. The van der Waals surface area contributed by atoms with Gasteiger partial charge in [-0.15, -0.1) is 0 Å². The second-order valence-electron chi connectivity index (χ2n) is 17.1. The smallest absolute Gasteiger partial charge is 0.306 e. The predicted molar refractivity (Wildman–Crippen MR) is 261 cm³/mol. The molecule has 6 nitrogen and oxygen atoms in total. The van der Waals surface area contributed by atoms with Crippen LogP contribution >= 0.6 is 0 Å². The average Bonchev–Trinajstić information content (AvgIpc) is 3.26. The third kappa shape index (κ3) is 48.0. The monoisotopic (exact) mass is 853 g/mol. The van der Waals surface area contributed by atoms with Crippen LogP contribution in [0.15, 0.2) is 60.8 Å². The van der Waals surface area contributed by atoms with Gasteiger partial charge in [-0.2, -0.15) is 0 Å². The van der Waals surface area contributed by atoms with E-state index >= 15 is 0 Å². The van der Waals surface area contributed by atoms with Gasteiger partial charge in [-0.1, -0.05) is 229 Å². The van der Waals surface area contributed by atoms with Gasteiger partial charge < -0.3 is 14.2 Å². The second kappa shape index (κ2) is 49.8. The van der Waals surface area contributed by atoms with Crippen LogP contribution in [0.5, 0.6) is 0 Å². The van der Waals surface area contributed by atoms with Crippen molar-refractivity contribution in [3.05, 3.63) is 60.8 Å². The molecule has 0 saturated heterocycles. The minimum absolute atomic E-state index is 0.0716. The van der Waals surface area contributed by atoms with E-state index in [4.69, 9.17) is 14.2 Å². The third-order valence-electron chi connectivity index (χ3n) is 11.0. The van der Waals surface area contributed by atoms with Gasteiger partial charge in [0, 0.05) is 19.3 Å². The lowest BCUT2D eigenvalue weighted by Crippen LogP contribution is -2.30. The second-order valence-corrected chi connectivity index (χ2v) is 17.1. The van der Waals surface area contributed by atoms with Gasteiger partial charge in [0.1, 0.15) is 13.2 Å². The maximum absolute atomic E-state index is 12.6. The summed E-state index contributed by atoms with van der Waals surface area (Å²) in [5.41, 5.74) is 0. The Labute approximate surface area is 377 Å². The minimum Gasteiger partial charge on any atom is -0.462 e. The van der Waals surface area contributed by atoms with E-state index in [1.54, 1.807) is 0 Å². The number of carbonyl (C=O) groups excluding carboxylic acids is 3. The molecule has 1 unspecified atom stereocenters. The van der Waals surface area contributed by atoms with Crippen LogP contribution in [0.1, 0.15) is 252 Å². The fraction of sp³-hybridized carbons (Fsp3) is 0.764. The van der Waals surface area contributed by atoms with Crippen LogP contribution < -0.4 is 0 Å². The molecule has 352 valence electrons. The molecule has 0 aromatic rings. The van der Waals surface area contributed by atoms with E-state index in [0.29, 0.717) is 19.3 Å². The zero-order valence-electron chi connectivity index (χ0n) is 40.2. The highest BCUT2D eigenvalue weighted by Gasteiger charge is 2.19. The number of carbonyl (C=O) groups is 3. The summed E-state index contributed by atoms with van der Waals surface area (Å²) >= 11 is 0. The van der Waals surface area contributed by atoms with Gasteiger partial charge in [-0.3, -0.25) is 14.4 Å². The molecular weight excluding hydrogens is 757 g/mol. The van der Waals surface area contributed by atoms with Crippen molar-refractivity contribution in [2.24, 2.45) is 0 Å². The zero-order valence-corrected chi connectivity index (χ0v) is 40.2. The van der Waals surface area contributed by atoms with Crippen molar-refractivity contribution in [1.82, 2.24) is 0 Å². The molecule has 0 aliphatic carbocycles. The summed E-state index contributed by atoms with van der Waals surface area (Å²) < 4.78 is 16.6. The molecule has 0 bridgehead atoms. The fourth-order valence-corrected chi connectivity index (χ4v) is 7.17. The molecule has 0 aromatic heterocycles. The van der Waals surface area contributed by atoms with Crippen LogP contribution in [0, 0.1) is 0 Å². The van der Waals surface area contributed by atoms with Crippen molar-refractivity contribution in [3.63, 3.8) is 0 Å². The van der Waals surface area contributed by atoms with Crippen LogP contribution in [-0.4, -0.2) is 37.2 Å². The van der Waals surface area contributed by atoms with Crippen molar-refractivity contribution in [2.45, 2.75) is 258 Å². The van der Waals surface area contributed by atoms with E-state index < -0.39 is 6.10 Å². The summed E-state index contributed by atoms with van der Waals surface area (Å²) in [6.07, 6.45) is 61.4. The van der Waals surface area contributed by atoms with E-state index in [1.165, 1.54) is 116 Å². The number of ether oxygens (including phenoxy) is 3. The molecule has 0 saturated carbocycles. The van der Waals surface area contributed by atoms with E-state index in [1.807, 2.05) is 0 Å². The van der Waals surface area contributed by atoms with Gasteiger partial charge in [0.05, 0.1) is 0 Å². The Balaban J connectivity index is 3.86. The van der Waals surface area contributed by atoms with E-state index in [0.717, 1.165) is 96.3 Å². The van der Waals surface area contributed by atoms with Gasteiger partial charge in [-0.05, 0) is 64.2 Å². The highest BCUT2D eigenvalue weighted by molar-refractivity contribution is 5.71. The maximum atomic E-state index is 12.6. The Hall–Kier alpha value is -2.89. The number of unbranched alkanes of at least 4 members (excludes halogenated alkanes) is 25. The van der Waals surface area contributed by atoms with Crippen LogP contribution in [0.25, 0.3) is 0 Å². The minimum atomic E-state index is -0.763. The van der Waals surface area contributed by atoms with Crippen molar-refractivity contribution in [3.8, 4) is 0 Å². The molecule has 0 heterocycles. The molecule has 0 rings (SSSR count). The Morgan fingerprint density at radius 2 is 0.639 bits per heavy atom. The first-order valence-corrected chi connectivity index (χ1v) is 25.8. The van der Waals surface area contributed by atoms with Crippen molar-refractivity contribution < 1.29 is 28.6 Å². The Bertz CT molecular complexity index is 1120. The zero-order chi connectivity index (χ0) is 44.4. The molecule has 61 heavy (non-hydrogen) atoms. The normalized spacial score (nSPS) is 12.5. The Morgan fingerprint density at radius 1 is 0.344 bits per heavy atom. The topological polar surface area (TPSA) is 78.9 Å². The highest BCUT2D eigenvalue weighted by atomic mass is 16.6. The summed E-state index contributed by atoms with van der Waals surface area (Å²) in [6.45, 7) is 6.39. The lowest BCUT2D eigenvalue weighted by molar-refractivity contribution is -0.167. The number of esters is 3. The maximum Gasteiger partial charge on any atom is 0.306 e. The molecule has 0 radical (unpaired) electrons.